The van der Waals surface area contributed by atoms with Crippen molar-refractivity contribution in [1.29, 1.82) is 0 Å². The Balaban J connectivity index is 3.78. The van der Waals surface area contributed by atoms with Gasteiger partial charge in [-0.15, -0.1) is 0 Å². The molecule has 0 aromatic carbocycles. The van der Waals surface area contributed by atoms with Crippen molar-refractivity contribution in [3.05, 3.63) is 48.6 Å². The number of hydrogen-bond acceptors (Lipinski definition) is 3. The van der Waals surface area contributed by atoms with E-state index in [9.17, 15) is 9.59 Å². The van der Waals surface area contributed by atoms with Gasteiger partial charge in [-0.3, -0.25) is 9.59 Å². The third kappa shape index (κ3) is 24.2. The molecule has 32 heavy (non-hydrogen) atoms. The molecule has 182 valence electrons. The van der Waals surface area contributed by atoms with Crippen molar-refractivity contribution in [2.45, 2.75) is 116 Å². The van der Waals surface area contributed by atoms with Crippen LogP contribution in [0.15, 0.2) is 48.6 Å². The second kappa shape index (κ2) is 23.6. The summed E-state index contributed by atoms with van der Waals surface area (Å²) in [5, 5.41) is 8.64. The van der Waals surface area contributed by atoms with E-state index in [0.29, 0.717) is 0 Å². The van der Waals surface area contributed by atoms with Gasteiger partial charge in [-0.05, 0) is 70.6 Å². The highest BCUT2D eigenvalue weighted by atomic mass is 16.5. The summed E-state index contributed by atoms with van der Waals surface area (Å²) in [5.74, 6) is -0.916. The van der Waals surface area contributed by atoms with E-state index in [1.165, 1.54) is 6.92 Å². The van der Waals surface area contributed by atoms with Crippen LogP contribution in [-0.4, -0.2) is 23.1 Å². The van der Waals surface area contributed by atoms with Crippen LogP contribution < -0.4 is 0 Å². The molecule has 0 amide bonds. The molecule has 1 N–H and O–H groups in total. The van der Waals surface area contributed by atoms with Crippen molar-refractivity contribution in [1.82, 2.24) is 0 Å². The Hall–Kier alpha value is -2.10. The molecule has 1 atom stereocenters. The van der Waals surface area contributed by atoms with Crippen molar-refractivity contribution >= 4 is 11.9 Å². The summed E-state index contributed by atoms with van der Waals surface area (Å²) in [5.41, 5.74) is 0. The lowest BCUT2D eigenvalue weighted by Gasteiger charge is -2.16. The van der Waals surface area contributed by atoms with Gasteiger partial charge in [-0.2, -0.15) is 0 Å². The fourth-order valence-electron chi connectivity index (χ4n) is 3.41. The number of carboxylic acid groups (broad SMARTS) is 1. The average Bonchev–Trinajstić information content (AvgIpc) is 2.74. The number of carboxylic acids is 1. The summed E-state index contributed by atoms with van der Waals surface area (Å²) >= 11 is 0. The summed E-state index contributed by atoms with van der Waals surface area (Å²) in [7, 11) is 0. The highest BCUT2D eigenvalue weighted by Gasteiger charge is 2.11. The maximum atomic E-state index is 11.3. The Morgan fingerprint density at radius 2 is 1.22 bits per heavy atom. The van der Waals surface area contributed by atoms with Gasteiger partial charge >= 0.3 is 11.9 Å². The highest BCUT2D eigenvalue weighted by molar-refractivity contribution is 5.66. The van der Waals surface area contributed by atoms with Gasteiger partial charge < -0.3 is 9.84 Å². The fourth-order valence-corrected chi connectivity index (χ4v) is 3.41. The lowest BCUT2D eigenvalue weighted by Crippen LogP contribution is -2.16. The molecule has 4 nitrogen and oxygen atoms in total. The molecule has 0 radical (unpaired) electrons. The van der Waals surface area contributed by atoms with E-state index in [0.717, 1.165) is 89.9 Å². The van der Waals surface area contributed by atoms with Crippen molar-refractivity contribution in [2.75, 3.05) is 0 Å². The smallest absolute Gasteiger partial charge is 0.303 e. The summed E-state index contributed by atoms with van der Waals surface area (Å²) in [6.07, 6.45) is 32.0. The van der Waals surface area contributed by atoms with Crippen LogP contribution >= 0.6 is 0 Å². The van der Waals surface area contributed by atoms with Crippen molar-refractivity contribution in [3.8, 4) is 0 Å². The first-order valence-electron chi connectivity index (χ1n) is 12.5. The van der Waals surface area contributed by atoms with Crippen molar-refractivity contribution in [2.24, 2.45) is 0 Å². The highest BCUT2D eigenvalue weighted by Crippen LogP contribution is 2.16. The summed E-state index contributed by atoms with van der Waals surface area (Å²) < 4.78 is 5.48. The van der Waals surface area contributed by atoms with E-state index in [-0.39, 0.29) is 18.5 Å². The number of allylic oxidation sites excluding steroid dienone is 8. The molecule has 0 aliphatic rings. The lowest BCUT2D eigenvalue weighted by atomic mass is 10.0. The Labute approximate surface area is 196 Å². The van der Waals surface area contributed by atoms with Gasteiger partial charge in [0.25, 0.3) is 0 Å². The number of carbonyl (C=O) groups excluding carboxylic acids is 1. The average molecular weight is 447 g/mol. The monoisotopic (exact) mass is 446 g/mol. The number of carbonyl (C=O) groups is 2. The van der Waals surface area contributed by atoms with E-state index in [2.05, 4.69) is 55.5 Å². The quantitative estimate of drug-likeness (QED) is 0.110. The first-order valence-corrected chi connectivity index (χ1v) is 12.5. The van der Waals surface area contributed by atoms with Gasteiger partial charge in [-0.25, -0.2) is 0 Å². The van der Waals surface area contributed by atoms with Crippen molar-refractivity contribution < 1.29 is 19.4 Å². The number of rotatable bonds is 21. The van der Waals surface area contributed by atoms with Gasteiger partial charge in [-0.1, -0.05) is 74.8 Å². The van der Waals surface area contributed by atoms with E-state index < -0.39 is 5.97 Å². The van der Waals surface area contributed by atoms with Crippen LogP contribution in [0.4, 0.5) is 0 Å². The molecule has 0 fully saturated rings. The molecular weight excluding hydrogens is 400 g/mol. The molecule has 4 heteroatoms. The van der Waals surface area contributed by atoms with E-state index >= 15 is 0 Å². The normalized spacial score (nSPS) is 13.1. The molecule has 0 aromatic rings. The predicted molar refractivity (Wildman–Crippen MR) is 135 cm³/mol. The first-order chi connectivity index (χ1) is 15.6. The van der Waals surface area contributed by atoms with Crippen LogP contribution in [0, 0.1) is 0 Å². The largest absolute Gasteiger partial charge is 0.481 e. The van der Waals surface area contributed by atoms with Crippen LogP contribution in [-0.2, 0) is 14.3 Å². The molecule has 0 rings (SSSR count). The zero-order valence-corrected chi connectivity index (χ0v) is 20.5. The number of aliphatic carboxylic acids is 1. The Bertz CT molecular complexity index is 572. The molecule has 1 unspecified atom stereocenters. The third-order valence-electron chi connectivity index (χ3n) is 5.12. The third-order valence-corrected chi connectivity index (χ3v) is 5.12. The first kappa shape index (κ1) is 29.9. The standard InChI is InChI=1S/C28H46O4/c1-3-4-5-6-7-8-9-10-11-12-13-14-15-17-20-23-27(32-26(2)29)24-21-18-16-19-22-25-28(30)31/h4-5,7-8,10-11,13-14,27H,3,6,9,12,15-25H2,1-2H3,(H,30,31)/b5-4-,8-7-,11-10-,14-13-. The number of esters is 1. The Kier molecular flexibility index (Phi) is 22.0. The van der Waals surface area contributed by atoms with E-state index in [4.69, 9.17) is 9.84 Å². The van der Waals surface area contributed by atoms with Gasteiger partial charge in [0.15, 0.2) is 0 Å². The molecule has 0 saturated heterocycles. The molecular formula is C28H46O4. The van der Waals surface area contributed by atoms with Crippen LogP contribution in [0.5, 0.6) is 0 Å². The number of unbranched alkanes of at least 4 members (excludes halogenated alkanes) is 6. The summed E-state index contributed by atoms with van der Waals surface area (Å²) in [6.45, 7) is 3.63. The molecule has 0 bridgehead atoms. The zero-order chi connectivity index (χ0) is 23.7. The van der Waals surface area contributed by atoms with E-state index in [1.54, 1.807) is 0 Å². The molecule has 0 heterocycles. The predicted octanol–water partition coefficient (Wildman–Crippen LogP) is 8.10. The van der Waals surface area contributed by atoms with Crippen LogP contribution in [0.1, 0.15) is 110 Å². The Morgan fingerprint density at radius 1 is 0.719 bits per heavy atom. The van der Waals surface area contributed by atoms with Gasteiger partial charge in [0, 0.05) is 13.3 Å². The van der Waals surface area contributed by atoms with Crippen LogP contribution in [0.3, 0.4) is 0 Å². The van der Waals surface area contributed by atoms with Gasteiger partial charge in [0.2, 0.25) is 0 Å². The maximum Gasteiger partial charge on any atom is 0.303 e. The minimum atomic E-state index is -0.717. The molecule has 0 spiro atoms. The zero-order valence-electron chi connectivity index (χ0n) is 20.5. The second-order valence-corrected chi connectivity index (χ2v) is 8.22. The maximum absolute atomic E-state index is 11.3. The van der Waals surface area contributed by atoms with Gasteiger partial charge in [0.1, 0.15) is 6.10 Å². The number of hydrogen-bond donors (Lipinski definition) is 1. The second-order valence-electron chi connectivity index (χ2n) is 8.22. The number of ether oxygens (including phenoxy) is 1. The topological polar surface area (TPSA) is 63.6 Å². The minimum absolute atomic E-state index is 0.0175. The SMILES string of the molecule is CC/C=C\C/C=C\C/C=C\C/C=C\CCCCC(CCCCCCCC(=O)O)OC(C)=O. The molecule has 0 aliphatic carbocycles. The lowest BCUT2D eigenvalue weighted by molar-refractivity contribution is -0.147. The fraction of sp³-hybridized carbons (Fsp3) is 0.643. The molecule has 0 aliphatic heterocycles. The Morgan fingerprint density at radius 3 is 1.78 bits per heavy atom. The molecule has 0 aromatic heterocycles. The molecule has 0 saturated carbocycles. The summed E-state index contributed by atoms with van der Waals surface area (Å²) in [6, 6.07) is 0. The van der Waals surface area contributed by atoms with E-state index in [1.807, 2.05) is 0 Å². The van der Waals surface area contributed by atoms with Crippen LogP contribution in [0.2, 0.25) is 0 Å². The summed E-state index contributed by atoms with van der Waals surface area (Å²) in [4.78, 5) is 21.9. The van der Waals surface area contributed by atoms with Gasteiger partial charge in [0.05, 0.1) is 0 Å². The minimum Gasteiger partial charge on any atom is -0.481 e. The van der Waals surface area contributed by atoms with Crippen LogP contribution in [0.25, 0.3) is 0 Å². The van der Waals surface area contributed by atoms with Crippen molar-refractivity contribution in [3.63, 3.8) is 0 Å².